The van der Waals surface area contributed by atoms with Crippen molar-refractivity contribution in [3.63, 3.8) is 0 Å². The van der Waals surface area contributed by atoms with Crippen molar-refractivity contribution in [1.29, 1.82) is 0 Å². The first-order valence-corrected chi connectivity index (χ1v) is 3.95. The van der Waals surface area contributed by atoms with E-state index in [2.05, 4.69) is 5.73 Å². The van der Waals surface area contributed by atoms with Crippen molar-refractivity contribution >= 4 is 16.1 Å². The molecule has 1 rings (SSSR count). The van der Waals surface area contributed by atoms with Crippen LogP contribution in [-0.2, 0) is 10.0 Å². The number of nitrogens with two attached hydrogens (primary N) is 1. The van der Waals surface area contributed by atoms with Crippen LogP contribution in [0.1, 0.15) is 0 Å². The van der Waals surface area contributed by atoms with Crippen molar-refractivity contribution in [2.45, 2.75) is 0 Å². The van der Waals surface area contributed by atoms with E-state index in [1.54, 1.807) is 0 Å². The first kappa shape index (κ1) is 6.34. The summed E-state index contributed by atoms with van der Waals surface area (Å²) in [6, 6.07) is -0.888. The zero-order valence-electron chi connectivity index (χ0n) is 4.57. The van der Waals surface area contributed by atoms with Crippen LogP contribution in [0.5, 0.6) is 0 Å². The summed E-state index contributed by atoms with van der Waals surface area (Å²) in [5.41, 5.74) is 4.68. The van der Waals surface area contributed by atoms with E-state index in [-0.39, 0.29) is 12.3 Å². The lowest BCUT2D eigenvalue weighted by molar-refractivity contribution is 0.229. The molecule has 0 aromatic rings. The van der Waals surface area contributed by atoms with Crippen molar-refractivity contribution < 1.29 is 13.2 Å². The lowest BCUT2D eigenvalue weighted by Gasteiger charge is -2.27. The highest BCUT2D eigenvalue weighted by molar-refractivity contribution is 7.90. The molecule has 0 atom stereocenters. The number of nitrogens with zero attached hydrogens (tertiary/aromatic N) is 1. The van der Waals surface area contributed by atoms with Gasteiger partial charge in [-0.05, 0) is 0 Å². The topological polar surface area (TPSA) is 80.5 Å². The van der Waals surface area contributed by atoms with Crippen molar-refractivity contribution in [3.05, 3.63) is 0 Å². The Morgan fingerprint density at radius 2 is 2.11 bits per heavy atom. The fourth-order valence-corrected chi connectivity index (χ4v) is 1.52. The molecule has 2 N–H and O–H groups in total. The van der Waals surface area contributed by atoms with E-state index in [0.717, 1.165) is 0 Å². The number of carbonyl (C=O) groups excluding carboxylic acids is 1. The molecule has 1 fully saturated rings. The number of primary amides is 1. The van der Waals surface area contributed by atoms with Crippen LogP contribution >= 0.6 is 0 Å². The number of carbonyl (C=O) groups is 1. The molecule has 0 aromatic heterocycles. The quantitative estimate of drug-likeness (QED) is 0.466. The second kappa shape index (κ2) is 1.60. The number of hydrogen-bond donors (Lipinski definition) is 1. The molecule has 9 heavy (non-hydrogen) atoms. The molecular weight excluding hydrogens is 144 g/mol. The van der Waals surface area contributed by atoms with Gasteiger partial charge in [0.05, 0.1) is 12.3 Å². The zero-order valence-corrected chi connectivity index (χ0v) is 5.39. The van der Waals surface area contributed by atoms with Gasteiger partial charge in [0, 0.05) is 0 Å². The van der Waals surface area contributed by atoms with Crippen molar-refractivity contribution in [3.8, 4) is 0 Å². The fraction of sp³-hybridized carbons (Fsp3) is 0.667. The zero-order chi connectivity index (χ0) is 7.07. The third kappa shape index (κ3) is 0.849. The second-order valence-electron chi connectivity index (χ2n) is 1.73. The molecular formula is C3H6N2O3S. The molecule has 1 aliphatic heterocycles. The highest BCUT2D eigenvalue weighted by Crippen LogP contribution is 2.10. The molecule has 1 heterocycles. The maximum atomic E-state index is 10.5. The molecule has 0 unspecified atom stereocenters. The maximum absolute atomic E-state index is 10.5. The van der Waals surface area contributed by atoms with Crippen LogP contribution in [0.25, 0.3) is 0 Å². The summed E-state index contributed by atoms with van der Waals surface area (Å²) in [6.07, 6.45) is 0. The Labute approximate surface area is 52.5 Å². The summed E-state index contributed by atoms with van der Waals surface area (Å²) in [5.74, 6) is 0.0376. The van der Waals surface area contributed by atoms with Crippen LogP contribution in [0.3, 0.4) is 0 Å². The number of rotatable bonds is 0. The first-order valence-electron chi connectivity index (χ1n) is 2.34. The van der Waals surface area contributed by atoms with Gasteiger partial charge in [-0.1, -0.05) is 0 Å². The monoisotopic (exact) mass is 150 g/mol. The minimum absolute atomic E-state index is 0.0376. The summed E-state index contributed by atoms with van der Waals surface area (Å²) in [5, 5.41) is 0. The van der Waals surface area contributed by atoms with E-state index >= 15 is 0 Å². The van der Waals surface area contributed by atoms with Crippen LogP contribution in [0.4, 0.5) is 4.79 Å². The van der Waals surface area contributed by atoms with E-state index in [1.165, 1.54) is 0 Å². The van der Waals surface area contributed by atoms with Gasteiger partial charge in [-0.25, -0.2) is 17.5 Å². The minimum Gasteiger partial charge on any atom is -0.351 e. The van der Waals surface area contributed by atoms with Crippen molar-refractivity contribution in [2.24, 2.45) is 5.73 Å². The Morgan fingerprint density at radius 1 is 1.56 bits per heavy atom. The molecule has 0 radical (unpaired) electrons. The van der Waals surface area contributed by atoms with Gasteiger partial charge in [0.15, 0.2) is 0 Å². The average Bonchev–Trinajstić information content (AvgIpc) is 1.62. The van der Waals surface area contributed by atoms with Gasteiger partial charge >= 0.3 is 6.03 Å². The number of amides is 2. The van der Waals surface area contributed by atoms with E-state index in [1.807, 2.05) is 0 Å². The van der Waals surface area contributed by atoms with E-state index in [9.17, 15) is 13.2 Å². The molecule has 0 aliphatic carbocycles. The fourth-order valence-electron chi connectivity index (χ4n) is 0.579. The molecule has 0 aromatic carbocycles. The van der Waals surface area contributed by atoms with Gasteiger partial charge < -0.3 is 5.73 Å². The predicted molar refractivity (Wildman–Crippen MR) is 30.1 cm³/mol. The third-order valence-corrected chi connectivity index (χ3v) is 2.87. The Bertz CT molecular complexity index is 231. The lowest BCUT2D eigenvalue weighted by atomic mass is 10.7. The number of sulfonamides is 1. The molecule has 2 amide bonds. The van der Waals surface area contributed by atoms with Gasteiger partial charge in [0.2, 0.25) is 10.0 Å². The molecule has 1 saturated heterocycles. The summed E-state index contributed by atoms with van der Waals surface area (Å²) in [7, 11) is -3.26. The van der Waals surface area contributed by atoms with E-state index in [4.69, 9.17) is 0 Å². The summed E-state index contributed by atoms with van der Waals surface area (Å²) >= 11 is 0. The summed E-state index contributed by atoms with van der Waals surface area (Å²) in [6.45, 7) is 0.234. The maximum Gasteiger partial charge on any atom is 0.328 e. The van der Waals surface area contributed by atoms with Gasteiger partial charge in [-0.2, -0.15) is 0 Å². The Morgan fingerprint density at radius 3 is 2.11 bits per heavy atom. The van der Waals surface area contributed by atoms with Crippen molar-refractivity contribution in [1.82, 2.24) is 4.31 Å². The van der Waals surface area contributed by atoms with E-state index < -0.39 is 16.1 Å². The molecule has 6 heteroatoms. The van der Waals surface area contributed by atoms with Crippen LogP contribution < -0.4 is 5.73 Å². The Hall–Kier alpha value is -0.780. The SMILES string of the molecule is NC(=O)N1CCS1(=O)=O. The molecule has 0 saturated carbocycles. The summed E-state index contributed by atoms with van der Waals surface area (Å²) in [4.78, 5) is 10.2. The van der Waals surface area contributed by atoms with Crippen LogP contribution in [0.2, 0.25) is 0 Å². The number of hydrogen-bond acceptors (Lipinski definition) is 3. The largest absolute Gasteiger partial charge is 0.351 e. The van der Waals surface area contributed by atoms with Gasteiger partial charge in [0.25, 0.3) is 0 Å². The van der Waals surface area contributed by atoms with Gasteiger partial charge in [0.1, 0.15) is 0 Å². The summed E-state index contributed by atoms with van der Waals surface area (Å²) < 4.78 is 21.6. The first-order chi connectivity index (χ1) is 4.04. The van der Waals surface area contributed by atoms with Crippen LogP contribution in [0.15, 0.2) is 0 Å². The highest BCUT2D eigenvalue weighted by atomic mass is 32.2. The van der Waals surface area contributed by atoms with E-state index in [0.29, 0.717) is 4.31 Å². The molecule has 0 bridgehead atoms. The highest BCUT2D eigenvalue weighted by Gasteiger charge is 2.35. The van der Waals surface area contributed by atoms with Crippen LogP contribution in [0, 0.1) is 0 Å². The smallest absolute Gasteiger partial charge is 0.328 e. The Kier molecular flexibility index (Phi) is 1.13. The molecule has 5 nitrogen and oxygen atoms in total. The molecule has 1 aliphatic rings. The average molecular weight is 150 g/mol. The predicted octanol–water partition coefficient (Wildman–Crippen LogP) is -1.29. The van der Waals surface area contributed by atoms with Crippen molar-refractivity contribution in [2.75, 3.05) is 12.3 Å². The molecule has 0 spiro atoms. The van der Waals surface area contributed by atoms with Crippen LogP contribution in [-0.4, -0.2) is 31.1 Å². The number of urea groups is 1. The normalized spacial score (nSPS) is 22.9. The minimum atomic E-state index is -3.26. The standard InChI is InChI=1S/C3H6N2O3S/c4-3(6)5-1-2-9(5,7)8/h1-2H2,(H2,4,6). The second-order valence-corrected chi connectivity index (χ2v) is 3.74. The Balaban J connectivity index is 2.79. The van der Waals surface area contributed by atoms with Gasteiger partial charge in [-0.15, -0.1) is 0 Å². The third-order valence-electron chi connectivity index (χ3n) is 1.13. The lowest BCUT2D eigenvalue weighted by Crippen LogP contribution is -2.53. The molecule has 52 valence electrons. The van der Waals surface area contributed by atoms with Gasteiger partial charge in [-0.3, -0.25) is 0 Å².